The lowest BCUT2D eigenvalue weighted by Gasteiger charge is -2.47. The number of fused-ring (bicyclic) bond motifs is 1. The summed E-state index contributed by atoms with van der Waals surface area (Å²) in [4.78, 5) is 58.2. The van der Waals surface area contributed by atoms with Crippen LogP contribution in [0, 0.1) is 11.7 Å². The van der Waals surface area contributed by atoms with Gasteiger partial charge in [0.25, 0.3) is 0 Å². The van der Waals surface area contributed by atoms with Crippen molar-refractivity contribution in [2.24, 2.45) is 5.92 Å². The molecule has 330 valence electrons. The minimum atomic E-state index is -1.00. The predicted octanol–water partition coefficient (Wildman–Crippen LogP) is 7.53. The smallest absolute Gasteiger partial charge is 0.243 e. The number of piperidine rings is 2. The summed E-state index contributed by atoms with van der Waals surface area (Å²) in [6, 6.07) is 31.1. The van der Waals surface area contributed by atoms with E-state index in [0.717, 1.165) is 62.3 Å². The van der Waals surface area contributed by atoms with E-state index in [-0.39, 0.29) is 49.5 Å². The van der Waals surface area contributed by atoms with Gasteiger partial charge in [0.1, 0.15) is 24.2 Å². The van der Waals surface area contributed by atoms with Crippen LogP contribution in [0.1, 0.15) is 79.8 Å². The van der Waals surface area contributed by atoms with E-state index in [1.165, 1.54) is 22.8 Å². The molecule has 3 fully saturated rings. The molecule has 2 amide bonds. The fourth-order valence-corrected chi connectivity index (χ4v) is 10.5. The van der Waals surface area contributed by atoms with Gasteiger partial charge in [-0.2, -0.15) is 0 Å². The number of halogens is 2. The first-order chi connectivity index (χ1) is 30.6. The van der Waals surface area contributed by atoms with Crippen molar-refractivity contribution >= 4 is 52.3 Å². The number of hydrogen-bond acceptors (Lipinski definition) is 9. The number of carbonyl (C=O) groups excluding carboxylic acids is 4. The van der Waals surface area contributed by atoms with Crippen LogP contribution >= 0.6 is 11.6 Å². The van der Waals surface area contributed by atoms with E-state index in [9.17, 15) is 19.2 Å². The first-order valence-electron chi connectivity index (χ1n) is 22.4. The molecule has 4 heterocycles. The number of hydrogen-bond donors (Lipinski definition) is 1. The molecule has 0 saturated carbocycles. The van der Waals surface area contributed by atoms with E-state index >= 15 is 4.39 Å². The molecule has 4 atom stereocenters. The Morgan fingerprint density at radius 3 is 2.16 bits per heavy atom. The van der Waals surface area contributed by atoms with Crippen LogP contribution in [0.5, 0.6) is 5.75 Å². The van der Waals surface area contributed by atoms with Crippen molar-refractivity contribution in [3.05, 3.63) is 131 Å². The van der Waals surface area contributed by atoms with E-state index in [0.29, 0.717) is 48.3 Å². The first kappa shape index (κ1) is 44.4. The van der Waals surface area contributed by atoms with Crippen LogP contribution in [0.25, 0.3) is 11.1 Å². The molecule has 10 nitrogen and oxygen atoms in total. The molecule has 4 unspecified atom stereocenters. The van der Waals surface area contributed by atoms with Crippen molar-refractivity contribution in [1.82, 2.24) is 20.0 Å². The lowest BCUT2D eigenvalue weighted by Crippen LogP contribution is -2.58. The molecule has 4 aliphatic heterocycles. The molecule has 3 saturated heterocycles. The van der Waals surface area contributed by atoms with Gasteiger partial charge in [0, 0.05) is 57.1 Å². The largest absolute Gasteiger partial charge is 0.492 e. The molecular weight excluding hydrogens is 817 g/mol. The zero-order chi connectivity index (χ0) is 44.0. The van der Waals surface area contributed by atoms with E-state index in [1.54, 1.807) is 11.0 Å². The lowest BCUT2D eigenvalue weighted by atomic mass is 9.88. The summed E-state index contributed by atoms with van der Waals surface area (Å²) < 4.78 is 22.2. The van der Waals surface area contributed by atoms with Crippen molar-refractivity contribution in [1.29, 1.82) is 0 Å². The van der Waals surface area contributed by atoms with Crippen molar-refractivity contribution in [2.75, 3.05) is 56.7 Å². The summed E-state index contributed by atoms with van der Waals surface area (Å²) in [5, 5.41) is 2.34. The maximum absolute atomic E-state index is 15.9. The topological polar surface area (TPSA) is 102 Å². The number of ether oxygens (including phenoxy) is 1. The average Bonchev–Trinajstić information content (AvgIpc) is 3.66. The van der Waals surface area contributed by atoms with Crippen LogP contribution in [0.15, 0.2) is 97.1 Å². The minimum absolute atomic E-state index is 0.137. The van der Waals surface area contributed by atoms with Gasteiger partial charge < -0.3 is 9.64 Å². The Kier molecular flexibility index (Phi) is 14.2. The van der Waals surface area contributed by atoms with Gasteiger partial charge in [0.15, 0.2) is 6.29 Å². The Labute approximate surface area is 375 Å². The van der Waals surface area contributed by atoms with Gasteiger partial charge in [-0.3, -0.25) is 39.2 Å². The van der Waals surface area contributed by atoms with Crippen LogP contribution in [-0.4, -0.2) is 108 Å². The van der Waals surface area contributed by atoms with E-state index < -0.39 is 23.8 Å². The molecule has 0 radical (unpaired) electrons. The Morgan fingerprint density at radius 2 is 1.52 bits per heavy atom. The van der Waals surface area contributed by atoms with Gasteiger partial charge in [-0.15, -0.1) is 11.6 Å². The number of aldehydes is 1. The van der Waals surface area contributed by atoms with Gasteiger partial charge in [-0.05, 0) is 122 Å². The molecule has 0 aromatic heterocycles. The molecule has 4 aromatic carbocycles. The third-order valence-electron chi connectivity index (χ3n) is 13.5. The van der Waals surface area contributed by atoms with Gasteiger partial charge >= 0.3 is 0 Å². The predicted molar refractivity (Wildman–Crippen MR) is 245 cm³/mol. The number of carbonyl (C=O) groups is 4. The summed E-state index contributed by atoms with van der Waals surface area (Å²) in [6.45, 7) is 10.2. The van der Waals surface area contributed by atoms with Crippen LogP contribution in [0.3, 0.4) is 0 Å². The van der Waals surface area contributed by atoms with Crippen molar-refractivity contribution in [3.8, 4) is 5.75 Å². The maximum atomic E-state index is 15.9. The van der Waals surface area contributed by atoms with Crippen molar-refractivity contribution in [2.45, 2.75) is 76.7 Å². The number of amides is 2. The number of allylic oxidation sites excluding steroid dienone is 1. The normalized spacial score (nSPS) is 23.0. The van der Waals surface area contributed by atoms with Crippen LogP contribution in [0.2, 0.25) is 0 Å². The average molecular weight is 874 g/mol. The number of nitrogens with zero attached hydrogens (tertiary/aromatic N) is 4. The maximum Gasteiger partial charge on any atom is 0.243 e. The number of alkyl halides is 1. The van der Waals surface area contributed by atoms with Crippen molar-refractivity contribution < 1.29 is 28.3 Å². The summed E-state index contributed by atoms with van der Waals surface area (Å²) in [7, 11) is 0. The molecular formula is C51H57ClFN5O5. The monoisotopic (exact) mass is 873 g/mol. The number of benzene rings is 4. The highest BCUT2D eigenvalue weighted by atomic mass is 35.5. The highest BCUT2D eigenvalue weighted by molar-refractivity contribution is 6.27. The van der Waals surface area contributed by atoms with Gasteiger partial charge in [0.05, 0.1) is 11.7 Å². The third-order valence-corrected chi connectivity index (χ3v) is 13.6. The molecule has 4 aliphatic rings. The summed E-state index contributed by atoms with van der Waals surface area (Å²) >= 11 is 6.35. The molecule has 0 spiro atoms. The second-order valence-electron chi connectivity index (χ2n) is 17.5. The number of likely N-dealkylation sites (tertiary alicyclic amines) is 1. The number of anilines is 1. The summed E-state index contributed by atoms with van der Waals surface area (Å²) in [6.07, 6.45) is 3.60. The van der Waals surface area contributed by atoms with Gasteiger partial charge in [-0.1, -0.05) is 72.8 Å². The minimum Gasteiger partial charge on any atom is -0.492 e. The number of piperazine rings is 1. The van der Waals surface area contributed by atoms with Crippen LogP contribution in [-0.2, 0) is 25.7 Å². The fourth-order valence-electron chi connectivity index (χ4n) is 10.3. The number of ketones is 1. The van der Waals surface area contributed by atoms with E-state index in [4.69, 9.17) is 16.3 Å². The van der Waals surface area contributed by atoms with E-state index in [1.807, 2.05) is 12.1 Å². The van der Waals surface area contributed by atoms with Crippen LogP contribution < -0.4 is 15.0 Å². The SMILES string of the molecule is CC1CN(c2cc3c(cc2F)CN(C2CCC(=O)NC2=O)C3C(=O)C=O)CC(C)N1CC1CCN(CCOc2ccc(C(=C(CCCl)c3ccccc3)c3ccccc3)cc2)CC1. The molecule has 0 aliphatic carbocycles. The van der Waals surface area contributed by atoms with Gasteiger partial charge in [0.2, 0.25) is 17.6 Å². The Morgan fingerprint density at radius 1 is 0.873 bits per heavy atom. The fraction of sp³-hybridized carbons (Fsp3) is 0.412. The second-order valence-corrected chi connectivity index (χ2v) is 17.9. The molecule has 63 heavy (non-hydrogen) atoms. The Bertz CT molecular complexity index is 2290. The van der Waals surface area contributed by atoms with Crippen LogP contribution in [0.4, 0.5) is 10.1 Å². The number of rotatable bonds is 15. The molecule has 0 bridgehead atoms. The Hall–Kier alpha value is -5.20. The lowest BCUT2D eigenvalue weighted by molar-refractivity contribution is -0.141. The third kappa shape index (κ3) is 9.97. The highest BCUT2D eigenvalue weighted by Crippen LogP contribution is 2.41. The van der Waals surface area contributed by atoms with E-state index in [2.05, 4.69) is 107 Å². The van der Waals surface area contributed by atoms with Gasteiger partial charge in [-0.25, -0.2) is 4.39 Å². The first-order valence-corrected chi connectivity index (χ1v) is 22.9. The zero-order valence-corrected chi connectivity index (χ0v) is 36.9. The molecule has 8 rings (SSSR count). The number of Topliss-reactive ketones (excluding diaryl/α,β-unsaturated/α-hetero) is 1. The standard InChI is InChI=1S/C51H57ClFN5O5/c1-34-29-56(46-28-43-40(27-44(46)53)32-58(50(43)47(60)33-59)45-17-18-48(61)54-51(45)62)30-35(2)57(34)31-36-20-23-55(24-21-36)25-26-63-41-15-13-39(14-16-41)49(38-11-7-4-8-12-38)42(19-22-52)37-9-5-3-6-10-37/h3-16,27-28,33-36,45,50H,17-26,29-32H2,1-2H3,(H,54,61,62). The zero-order valence-electron chi connectivity index (χ0n) is 36.2. The summed E-state index contributed by atoms with van der Waals surface area (Å²) in [5.74, 6) is 0.00530. The highest BCUT2D eigenvalue weighted by Gasteiger charge is 2.44. The molecule has 1 N–H and O–H groups in total. The van der Waals surface area contributed by atoms with Crippen molar-refractivity contribution in [3.63, 3.8) is 0 Å². The summed E-state index contributed by atoms with van der Waals surface area (Å²) in [5.41, 5.74) is 7.39. The Balaban J connectivity index is 0.837. The molecule has 12 heteroatoms. The number of nitrogens with one attached hydrogen (secondary N) is 1. The second kappa shape index (κ2) is 20.1. The molecule has 4 aromatic rings. The quantitative estimate of drug-likeness (QED) is 0.0427. The number of imide groups is 1.